The first-order valence-electron chi connectivity index (χ1n) is 7.42. The lowest BCUT2D eigenvalue weighted by atomic mass is 9.79. The summed E-state index contributed by atoms with van der Waals surface area (Å²) in [6.45, 7) is 5.10. The molecule has 0 radical (unpaired) electrons. The van der Waals surface area contributed by atoms with E-state index in [9.17, 15) is 0 Å². The van der Waals surface area contributed by atoms with Crippen molar-refractivity contribution in [1.29, 1.82) is 0 Å². The van der Waals surface area contributed by atoms with E-state index in [1.165, 1.54) is 64.5 Å². The van der Waals surface area contributed by atoms with Crippen LogP contribution in [0.15, 0.2) is 0 Å². The van der Waals surface area contributed by atoms with Crippen LogP contribution in [0.4, 0.5) is 0 Å². The van der Waals surface area contributed by atoms with Gasteiger partial charge in [-0.1, -0.05) is 45.4 Å². The van der Waals surface area contributed by atoms with Crippen LogP contribution in [-0.2, 0) is 0 Å². The van der Waals surface area contributed by atoms with Crippen molar-refractivity contribution in [2.75, 3.05) is 20.1 Å². The lowest BCUT2D eigenvalue weighted by molar-refractivity contribution is 0.193. The van der Waals surface area contributed by atoms with Gasteiger partial charge in [0.05, 0.1) is 0 Å². The van der Waals surface area contributed by atoms with Crippen molar-refractivity contribution >= 4 is 0 Å². The molecule has 1 aliphatic carbocycles. The first kappa shape index (κ1) is 12.4. The van der Waals surface area contributed by atoms with Crippen LogP contribution in [0, 0.1) is 17.8 Å². The Kier molecular flexibility index (Phi) is 4.69. The van der Waals surface area contributed by atoms with Crippen molar-refractivity contribution in [3.63, 3.8) is 0 Å². The first-order chi connectivity index (χ1) is 7.74. The van der Waals surface area contributed by atoms with Crippen molar-refractivity contribution in [3.05, 3.63) is 0 Å². The van der Waals surface area contributed by atoms with Gasteiger partial charge in [-0.3, -0.25) is 0 Å². The van der Waals surface area contributed by atoms with Gasteiger partial charge in [0.15, 0.2) is 0 Å². The zero-order chi connectivity index (χ0) is 11.4. The Balaban J connectivity index is 1.60. The Labute approximate surface area is 102 Å². The Hall–Kier alpha value is -0.0400. The summed E-state index contributed by atoms with van der Waals surface area (Å²) in [4.78, 5) is 2.48. The lowest BCUT2D eigenvalue weighted by Gasteiger charge is -2.31. The summed E-state index contributed by atoms with van der Waals surface area (Å²) in [5.74, 6) is 3.14. The minimum Gasteiger partial charge on any atom is -0.306 e. The predicted octanol–water partition coefficient (Wildman–Crippen LogP) is 3.93. The molecule has 16 heavy (non-hydrogen) atoms. The smallest absolute Gasteiger partial charge is 0.00191 e. The van der Waals surface area contributed by atoms with Crippen LogP contribution in [0.25, 0.3) is 0 Å². The Bertz CT molecular complexity index is 164. The molecule has 0 aromatic carbocycles. The molecular weight excluding hydrogens is 194 g/mol. The summed E-state index contributed by atoms with van der Waals surface area (Å²) in [5, 5.41) is 0. The fraction of sp³-hybridized carbons (Fsp3) is 1.00. The zero-order valence-corrected chi connectivity index (χ0v) is 11.3. The van der Waals surface area contributed by atoms with Gasteiger partial charge in [0.25, 0.3) is 0 Å². The predicted molar refractivity (Wildman–Crippen MR) is 70.6 cm³/mol. The Morgan fingerprint density at radius 3 is 1.88 bits per heavy atom. The second-order valence-electron chi connectivity index (χ2n) is 6.45. The van der Waals surface area contributed by atoms with Crippen molar-refractivity contribution in [2.24, 2.45) is 17.8 Å². The van der Waals surface area contributed by atoms with Gasteiger partial charge in [0, 0.05) is 0 Å². The fourth-order valence-electron chi connectivity index (χ4n) is 3.44. The molecule has 0 aromatic rings. The van der Waals surface area contributed by atoms with Crippen LogP contribution in [0.1, 0.15) is 58.3 Å². The molecule has 1 saturated heterocycles. The van der Waals surface area contributed by atoms with E-state index in [2.05, 4.69) is 18.9 Å². The monoisotopic (exact) mass is 223 g/mol. The average Bonchev–Trinajstić information content (AvgIpc) is 2.30. The van der Waals surface area contributed by atoms with Gasteiger partial charge < -0.3 is 4.90 Å². The molecule has 1 saturated carbocycles. The third-order valence-corrected chi connectivity index (χ3v) is 4.96. The molecule has 0 atom stereocenters. The number of piperidine rings is 1. The van der Waals surface area contributed by atoms with Crippen molar-refractivity contribution in [3.8, 4) is 0 Å². The van der Waals surface area contributed by atoms with E-state index in [4.69, 9.17) is 0 Å². The van der Waals surface area contributed by atoms with Gasteiger partial charge >= 0.3 is 0 Å². The number of hydrogen-bond acceptors (Lipinski definition) is 1. The highest BCUT2D eigenvalue weighted by atomic mass is 15.1. The van der Waals surface area contributed by atoms with E-state index >= 15 is 0 Å². The maximum atomic E-state index is 2.48. The maximum Gasteiger partial charge on any atom is -0.00191 e. The van der Waals surface area contributed by atoms with Crippen LogP contribution in [0.2, 0.25) is 0 Å². The van der Waals surface area contributed by atoms with Gasteiger partial charge in [-0.25, -0.2) is 0 Å². The Morgan fingerprint density at radius 1 is 0.812 bits per heavy atom. The van der Waals surface area contributed by atoms with E-state index < -0.39 is 0 Å². The highest BCUT2D eigenvalue weighted by Crippen LogP contribution is 2.33. The van der Waals surface area contributed by atoms with E-state index in [0.717, 1.165) is 17.8 Å². The van der Waals surface area contributed by atoms with Gasteiger partial charge in [-0.15, -0.1) is 0 Å². The lowest BCUT2D eigenvalue weighted by Crippen LogP contribution is -2.30. The highest BCUT2D eigenvalue weighted by molar-refractivity contribution is 4.74. The molecule has 1 heterocycles. The van der Waals surface area contributed by atoms with Gasteiger partial charge in [0.1, 0.15) is 0 Å². The molecule has 2 rings (SSSR count). The van der Waals surface area contributed by atoms with Crippen LogP contribution in [0.5, 0.6) is 0 Å². The number of rotatable bonds is 3. The fourth-order valence-corrected chi connectivity index (χ4v) is 3.44. The number of hydrogen-bond donors (Lipinski definition) is 0. The third kappa shape index (κ3) is 3.76. The summed E-state index contributed by atoms with van der Waals surface area (Å²) < 4.78 is 0. The zero-order valence-electron chi connectivity index (χ0n) is 11.3. The first-order valence-corrected chi connectivity index (χ1v) is 7.42. The molecule has 1 nitrogen and oxygen atoms in total. The van der Waals surface area contributed by atoms with Gasteiger partial charge in [-0.2, -0.15) is 0 Å². The third-order valence-electron chi connectivity index (χ3n) is 4.96. The van der Waals surface area contributed by atoms with Crippen molar-refractivity contribution in [1.82, 2.24) is 4.90 Å². The largest absolute Gasteiger partial charge is 0.306 e. The summed E-state index contributed by atoms with van der Waals surface area (Å²) in [6, 6.07) is 0. The summed E-state index contributed by atoms with van der Waals surface area (Å²) >= 11 is 0. The topological polar surface area (TPSA) is 3.24 Å². The van der Waals surface area contributed by atoms with Crippen molar-refractivity contribution in [2.45, 2.75) is 58.3 Å². The summed E-state index contributed by atoms with van der Waals surface area (Å²) in [7, 11) is 2.26. The van der Waals surface area contributed by atoms with Crippen LogP contribution >= 0.6 is 0 Å². The minimum absolute atomic E-state index is 1.01. The van der Waals surface area contributed by atoms with Gasteiger partial charge in [0.2, 0.25) is 0 Å². The molecule has 0 unspecified atom stereocenters. The van der Waals surface area contributed by atoms with E-state index in [-0.39, 0.29) is 0 Å². The van der Waals surface area contributed by atoms with Crippen LogP contribution in [0.3, 0.4) is 0 Å². The summed E-state index contributed by atoms with van der Waals surface area (Å²) in [6.07, 6.45) is 12.0. The number of likely N-dealkylation sites (tertiary alicyclic amines) is 1. The molecule has 1 aliphatic heterocycles. The molecule has 2 aliphatic rings. The SMILES string of the molecule is CC1CCC(CCC2CCN(C)CC2)CC1. The van der Waals surface area contributed by atoms with Crippen molar-refractivity contribution < 1.29 is 0 Å². The molecule has 94 valence electrons. The maximum absolute atomic E-state index is 2.48. The molecule has 1 heteroatoms. The summed E-state index contributed by atoms with van der Waals surface area (Å²) in [5.41, 5.74) is 0. The van der Waals surface area contributed by atoms with Gasteiger partial charge in [-0.05, 0) is 50.7 Å². The molecule has 0 amide bonds. The molecule has 0 spiro atoms. The van der Waals surface area contributed by atoms with E-state index in [1.54, 1.807) is 0 Å². The molecule has 0 N–H and O–H groups in total. The number of nitrogens with zero attached hydrogens (tertiary/aromatic N) is 1. The highest BCUT2D eigenvalue weighted by Gasteiger charge is 2.21. The molecule has 2 fully saturated rings. The molecule has 0 bridgehead atoms. The second kappa shape index (κ2) is 6.05. The Morgan fingerprint density at radius 2 is 1.31 bits per heavy atom. The standard InChI is InChI=1S/C15H29N/c1-13-3-5-14(6-4-13)7-8-15-9-11-16(2)12-10-15/h13-15H,3-12H2,1-2H3. The van der Waals surface area contributed by atoms with E-state index in [1.807, 2.05) is 0 Å². The van der Waals surface area contributed by atoms with Crippen LogP contribution in [-0.4, -0.2) is 25.0 Å². The quantitative estimate of drug-likeness (QED) is 0.700. The normalized spacial score (nSPS) is 34.1. The van der Waals surface area contributed by atoms with E-state index in [0.29, 0.717) is 0 Å². The average molecular weight is 223 g/mol. The molecule has 0 aromatic heterocycles. The minimum atomic E-state index is 1.01. The second-order valence-corrected chi connectivity index (χ2v) is 6.45. The molecular formula is C15H29N. The van der Waals surface area contributed by atoms with Crippen LogP contribution < -0.4 is 0 Å².